The van der Waals surface area contributed by atoms with Gasteiger partial charge in [-0.1, -0.05) is 11.3 Å². The Morgan fingerprint density at radius 3 is 2.83 bits per heavy atom. The van der Waals surface area contributed by atoms with Crippen molar-refractivity contribution in [1.82, 2.24) is 4.98 Å². The Morgan fingerprint density at radius 1 is 1.39 bits per heavy atom. The zero-order chi connectivity index (χ0) is 12.5. The number of rotatable bonds is 1. The molecule has 0 atom stereocenters. The average Bonchev–Trinajstić information content (AvgIpc) is 2.76. The minimum atomic E-state index is -0.536. The van der Waals surface area contributed by atoms with Crippen LogP contribution in [-0.2, 0) is 4.74 Å². The number of fused-ring (bicyclic) bond motifs is 2. The molecule has 0 saturated carbocycles. The number of ether oxygens (including phenoxy) is 3. The highest BCUT2D eigenvalue weighted by atomic mass is 32.1. The Hall–Kier alpha value is -2.02. The highest BCUT2D eigenvalue weighted by Gasteiger charge is 2.15. The standard InChI is InChI=1S/C11H10N2O4S/c1-15-11(14)13-10-12-6-4-7-8(5-9(6)18-10)17-3-2-16-7/h4-5H,2-3H2,1H3,(H,12,13,14). The van der Waals surface area contributed by atoms with Gasteiger partial charge in [-0.05, 0) is 0 Å². The van der Waals surface area contributed by atoms with Crippen LogP contribution in [-0.4, -0.2) is 31.4 Å². The second kappa shape index (κ2) is 4.34. The van der Waals surface area contributed by atoms with Crippen molar-refractivity contribution in [2.45, 2.75) is 0 Å². The molecule has 1 amide bonds. The molecule has 0 fully saturated rings. The minimum Gasteiger partial charge on any atom is -0.486 e. The van der Waals surface area contributed by atoms with Gasteiger partial charge in [0.25, 0.3) is 0 Å². The first-order valence-electron chi connectivity index (χ1n) is 5.31. The zero-order valence-electron chi connectivity index (χ0n) is 9.56. The van der Waals surface area contributed by atoms with Crippen LogP contribution >= 0.6 is 11.3 Å². The molecule has 94 valence electrons. The zero-order valence-corrected chi connectivity index (χ0v) is 10.4. The summed E-state index contributed by atoms with van der Waals surface area (Å²) in [6.45, 7) is 1.08. The average molecular weight is 266 g/mol. The van der Waals surface area contributed by atoms with Crippen molar-refractivity contribution < 1.29 is 19.0 Å². The van der Waals surface area contributed by atoms with E-state index >= 15 is 0 Å². The number of carbonyl (C=O) groups is 1. The fraction of sp³-hybridized carbons (Fsp3) is 0.273. The number of benzene rings is 1. The predicted molar refractivity (Wildman–Crippen MR) is 66.6 cm³/mol. The van der Waals surface area contributed by atoms with Gasteiger partial charge in [-0.15, -0.1) is 0 Å². The molecule has 0 bridgehead atoms. The number of aromatic nitrogens is 1. The first-order chi connectivity index (χ1) is 8.76. The lowest BCUT2D eigenvalue weighted by Crippen LogP contribution is -2.15. The van der Waals surface area contributed by atoms with Crippen LogP contribution in [0.2, 0.25) is 0 Å². The number of methoxy groups -OCH3 is 1. The van der Waals surface area contributed by atoms with Gasteiger partial charge in [-0.25, -0.2) is 9.78 Å². The molecule has 1 aliphatic rings. The smallest absolute Gasteiger partial charge is 0.413 e. The molecule has 0 spiro atoms. The van der Waals surface area contributed by atoms with Gasteiger partial charge in [-0.3, -0.25) is 5.32 Å². The third-order valence-corrected chi connectivity index (χ3v) is 3.38. The lowest BCUT2D eigenvalue weighted by Gasteiger charge is -2.17. The molecule has 1 aliphatic heterocycles. The van der Waals surface area contributed by atoms with E-state index in [1.807, 2.05) is 12.1 Å². The summed E-state index contributed by atoms with van der Waals surface area (Å²) in [7, 11) is 1.31. The summed E-state index contributed by atoms with van der Waals surface area (Å²) in [4.78, 5) is 15.4. The van der Waals surface area contributed by atoms with Crippen LogP contribution in [0.1, 0.15) is 0 Å². The Morgan fingerprint density at radius 2 is 2.11 bits per heavy atom. The monoisotopic (exact) mass is 266 g/mol. The lowest BCUT2D eigenvalue weighted by atomic mass is 10.3. The summed E-state index contributed by atoms with van der Waals surface area (Å²) in [5.41, 5.74) is 0.760. The minimum absolute atomic E-state index is 0.485. The largest absolute Gasteiger partial charge is 0.486 e. The number of carbonyl (C=O) groups excluding carboxylic acids is 1. The SMILES string of the molecule is COC(=O)Nc1nc2cc3c(cc2s1)OCCO3. The molecule has 0 aliphatic carbocycles. The molecule has 3 rings (SSSR count). The number of hydrogen-bond donors (Lipinski definition) is 1. The quantitative estimate of drug-likeness (QED) is 0.857. The van der Waals surface area contributed by atoms with Crippen molar-refractivity contribution in [2.75, 3.05) is 25.6 Å². The Balaban J connectivity index is 1.98. The summed E-state index contributed by atoms with van der Waals surface area (Å²) >= 11 is 1.36. The van der Waals surface area contributed by atoms with Crippen molar-refractivity contribution in [3.05, 3.63) is 12.1 Å². The van der Waals surface area contributed by atoms with Crippen LogP contribution in [0, 0.1) is 0 Å². The van der Waals surface area contributed by atoms with Crippen LogP contribution in [0.15, 0.2) is 12.1 Å². The molecule has 0 radical (unpaired) electrons. The maximum Gasteiger partial charge on any atom is 0.413 e. The van der Waals surface area contributed by atoms with E-state index in [0.717, 1.165) is 10.2 Å². The van der Waals surface area contributed by atoms with Crippen molar-refractivity contribution in [2.24, 2.45) is 0 Å². The molecular weight excluding hydrogens is 256 g/mol. The van der Waals surface area contributed by atoms with Gasteiger partial charge < -0.3 is 14.2 Å². The molecule has 1 aromatic carbocycles. The van der Waals surface area contributed by atoms with Crippen LogP contribution in [0.25, 0.3) is 10.2 Å². The summed E-state index contributed by atoms with van der Waals surface area (Å²) in [6, 6.07) is 3.67. The fourth-order valence-electron chi connectivity index (χ4n) is 1.66. The van der Waals surface area contributed by atoms with E-state index in [-0.39, 0.29) is 0 Å². The number of nitrogens with zero attached hydrogens (tertiary/aromatic N) is 1. The van der Waals surface area contributed by atoms with Crippen molar-refractivity contribution >= 4 is 32.8 Å². The molecular formula is C11H10N2O4S. The van der Waals surface area contributed by atoms with Gasteiger partial charge in [0.2, 0.25) is 0 Å². The Labute approximate surface area is 106 Å². The topological polar surface area (TPSA) is 69.7 Å². The van der Waals surface area contributed by atoms with E-state index in [4.69, 9.17) is 9.47 Å². The molecule has 6 nitrogen and oxygen atoms in total. The van der Waals surface area contributed by atoms with Crippen molar-refractivity contribution in [3.63, 3.8) is 0 Å². The molecule has 2 heterocycles. The summed E-state index contributed by atoms with van der Waals surface area (Å²) in [6.07, 6.45) is -0.536. The van der Waals surface area contributed by atoms with Crippen LogP contribution in [0.4, 0.5) is 9.93 Å². The van der Waals surface area contributed by atoms with Gasteiger partial charge in [0.15, 0.2) is 16.6 Å². The molecule has 0 saturated heterocycles. The first-order valence-corrected chi connectivity index (χ1v) is 6.13. The summed E-state index contributed by atoms with van der Waals surface area (Å²) in [5.74, 6) is 1.39. The van der Waals surface area contributed by atoms with E-state index in [1.165, 1.54) is 18.4 Å². The van der Waals surface area contributed by atoms with Crippen molar-refractivity contribution in [1.29, 1.82) is 0 Å². The second-order valence-electron chi connectivity index (χ2n) is 3.60. The van der Waals surface area contributed by atoms with Gasteiger partial charge in [0, 0.05) is 12.1 Å². The van der Waals surface area contributed by atoms with E-state index in [2.05, 4.69) is 15.0 Å². The van der Waals surface area contributed by atoms with E-state index in [0.29, 0.717) is 29.8 Å². The Kier molecular flexibility index (Phi) is 2.67. The van der Waals surface area contributed by atoms with Crippen LogP contribution < -0.4 is 14.8 Å². The van der Waals surface area contributed by atoms with Gasteiger partial charge in [-0.2, -0.15) is 0 Å². The van der Waals surface area contributed by atoms with Gasteiger partial charge >= 0.3 is 6.09 Å². The maximum atomic E-state index is 11.1. The second-order valence-corrected chi connectivity index (χ2v) is 4.63. The molecule has 2 aromatic rings. The van der Waals surface area contributed by atoms with Crippen molar-refractivity contribution in [3.8, 4) is 11.5 Å². The Bertz CT molecular complexity index is 567. The van der Waals surface area contributed by atoms with E-state index in [9.17, 15) is 4.79 Å². The molecule has 18 heavy (non-hydrogen) atoms. The van der Waals surface area contributed by atoms with Crippen LogP contribution in [0.5, 0.6) is 11.5 Å². The third-order valence-electron chi connectivity index (χ3n) is 2.45. The molecule has 1 aromatic heterocycles. The normalized spacial score (nSPS) is 13.4. The summed E-state index contributed by atoms with van der Waals surface area (Å²) < 4.78 is 16.4. The first kappa shape index (κ1) is 11.1. The molecule has 7 heteroatoms. The number of hydrogen-bond acceptors (Lipinski definition) is 6. The number of anilines is 1. The highest BCUT2D eigenvalue weighted by Crippen LogP contribution is 2.37. The molecule has 1 N–H and O–H groups in total. The summed E-state index contributed by atoms with van der Waals surface area (Å²) in [5, 5.41) is 3.02. The van der Waals surface area contributed by atoms with Gasteiger partial charge in [0.1, 0.15) is 13.2 Å². The predicted octanol–water partition coefficient (Wildman–Crippen LogP) is 2.25. The lowest BCUT2D eigenvalue weighted by molar-refractivity contribution is 0.172. The van der Waals surface area contributed by atoms with E-state index in [1.54, 1.807) is 0 Å². The fourth-order valence-corrected chi connectivity index (χ4v) is 2.52. The van der Waals surface area contributed by atoms with E-state index < -0.39 is 6.09 Å². The molecule has 0 unspecified atom stereocenters. The number of amides is 1. The van der Waals surface area contributed by atoms with Crippen LogP contribution in [0.3, 0.4) is 0 Å². The number of nitrogens with one attached hydrogen (secondary N) is 1. The highest BCUT2D eigenvalue weighted by molar-refractivity contribution is 7.22. The number of thiazole rings is 1. The van der Waals surface area contributed by atoms with Gasteiger partial charge in [0.05, 0.1) is 17.3 Å². The third kappa shape index (κ3) is 1.92. The maximum absolute atomic E-state index is 11.1.